The summed E-state index contributed by atoms with van der Waals surface area (Å²) < 4.78 is 0. The summed E-state index contributed by atoms with van der Waals surface area (Å²) >= 11 is 1.51. The van der Waals surface area contributed by atoms with Crippen molar-refractivity contribution in [3.8, 4) is 0 Å². The molecule has 0 radical (unpaired) electrons. The summed E-state index contributed by atoms with van der Waals surface area (Å²) in [6, 6.07) is 24.2. The number of hydrogen-bond donors (Lipinski definition) is 1. The maximum atomic E-state index is 13.8. The van der Waals surface area contributed by atoms with Crippen molar-refractivity contribution in [3.63, 3.8) is 0 Å². The SMILES string of the molecule is CNCc1ccc(C(=O)N2C[C@@H](c3ccccc3)C[C@H]2C(=O)N2CC[C@H](c3ccccc3)C2)s1. The molecule has 6 heteroatoms. The lowest BCUT2D eigenvalue weighted by atomic mass is 9.96. The molecule has 5 rings (SSSR count). The first-order chi connectivity index (χ1) is 16.6. The fourth-order valence-electron chi connectivity index (χ4n) is 5.33. The molecule has 2 fully saturated rings. The van der Waals surface area contributed by atoms with E-state index in [1.54, 1.807) is 0 Å². The van der Waals surface area contributed by atoms with Crippen LogP contribution in [0.2, 0.25) is 0 Å². The van der Waals surface area contributed by atoms with E-state index in [1.807, 2.05) is 53.2 Å². The molecule has 34 heavy (non-hydrogen) atoms. The van der Waals surface area contributed by atoms with Crippen molar-refractivity contribution in [1.82, 2.24) is 15.1 Å². The van der Waals surface area contributed by atoms with E-state index in [2.05, 4.69) is 41.7 Å². The summed E-state index contributed by atoms with van der Waals surface area (Å²) in [6.07, 6.45) is 1.65. The second-order valence-corrected chi connectivity index (χ2v) is 10.5. The van der Waals surface area contributed by atoms with Crippen LogP contribution >= 0.6 is 11.3 Å². The molecule has 2 aromatic carbocycles. The number of benzene rings is 2. The number of rotatable bonds is 6. The predicted molar refractivity (Wildman–Crippen MR) is 136 cm³/mol. The second kappa shape index (κ2) is 10.1. The van der Waals surface area contributed by atoms with Gasteiger partial charge in [-0.15, -0.1) is 11.3 Å². The van der Waals surface area contributed by atoms with Crippen molar-refractivity contribution >= 4 is 23.2 Å². The number of nitrogens with one attached hydrogen (secondary N) is 1. The lowest BCUT2D eigenvalue weighted by Gasteiger charge is -2.27. The normalized spacial score (nSPS) is 22.3. The van der Waals surface area contributed by atoms with Gasteiger partial charge >= 0.3 is 0 Å². The highest BCUT2D eigenvalue weighted by molar-refractivity contribution is 7.14. The molecule has 1 N–H and O–H groups in total. The third-order valence-electron chi connectivity index (χ3n) is 7.11. The van der Waals surface area contributed by atoms with Crippen LogP contribution in [0.15, 0.2) is 72.8 Å². The Morgan fingerprint density at radius 2 is 1.59 bits per heavy atom. The molecule has 0 unspecified atom stereocenters. The van der Waals surface area contributed by atoms with Gasteiger partial charge in [0, 0.05) is 42.9 Å². The van der Waals surface area contributed by atoms with Gasteiger partial charge in [0.05, 0.1) is 4.88 Å². The fourth-order valence-corrected chi connectivity index (χ4v) is 6.31. The molecule has 0 aliphatic carbocycles. The number of hydrogen-bond acceptors (Lipinski definition) is 4. The van der Waals surface area contributed by atoms with E-state index < -0.39 is 6.04 Å². The van der Waals surface area contributed by atoms with Crippen molar-refractivity contribution < 1.29 is 9.59 Å². The Bertz CT molecular complexity index is 1130. The standard InChI is InChI=1S/C28H31N3O2S/c1-29-17-24-12-13-26(34-24)28(33)31-19-23(21-10-6-3-7-11-21)16-25(31)27(32)30-15-14-22(18-30)20-8-4-2-5-9-20/h2-13,22-23,25,29H,14-19H2,1H3/t22-,23-,25-/m0/s1. The van der Waals surface area contributed by atoms with Crippen molar-refractivity contribution in [3.05, 3.63) is 93.7 Å². The molecule has 0 spiro atoms. The van der Waals surface area contributed by atoms with Gasteiger partial charge in [0.15, 0.2) is 0 Å². The molecule has 2 aliphatic heterocycles. The zero-order valence-electron chi connectivity index (χ0n) is 19.5. The van der Waals surface area contributed by atoms with Gasteiger partial charge in [0.2, 0.25) is 5.91 Å². The average molecular weight is 474 g/mol. The van der Waals surface area contributed by atoms with Gasteiger partial charge in [-0.2, -0.15) is 0 Å². The smallest absolute Gasteiger partial charge is 0.264 e. The van der Waals surface area contributed by atoms with Gasteiger partial charge < -0.3 is 15.1 Å². The summed E-state index contributed by atoms with van der Waals surface area (Å²) in [5.74, 6) is 0.602. The predicted octanol–water partition coefficient (Wildman–Crippen LogP) is 4.48. The second-order valence-electron chi connectivity index (χ2n) is 9.29. The number of carbonyl (C=O) groups is 2. The largest absolute Gasteiger partial charge is 0.340 e. The number of amides is 2. The molecule has 176 valence electrons. The Morgan fingerprint density at radius 1 is 0.912 bits per heavy atom. The Labute approximate surface area is 205 Å². The lowest BCUT2D eigenvalue weighted by Crippen LogP contribution is -2.47. The van der Waals surface area contributed by atoms with E-state index in [4.69, 9.17) is 0 Å². The molecule has 2 saturated heterocycles. The van der Waals surface area contributed by atoms with Crippen molar-refractivity contribution in [1.29, 1.82) is 0 Å². The van der Waals surface area contributed by atoms with Gasteiger partial charge in [0.25, 0.3) is 5.91 Å². The third kappa shape index (κ3) is 4.65. The van der Waals surface area contributed by atoms with Crippen LogP contribution in [0.4, 0.5) is 0 Å². The Balaban J connectivity index is 1.37. The first-order valence-electron chi connectivity index (χ1n) is 12.1. The van der Waals surface area contributed by atoms with Crippen LogP contribution in [0.1, 0.15) is 50.4 Å². The monoisotopic (exact) mass is 473 g/mol. The fraction of sp³-hybridized carbons (Fsp3) is 0.357. The number of carbonyl (C=O) groups excluding carboxylic acids is 2. The minimum absolute atomic E-state index is 0.0251. The Kier molecular flexibility index (Phi) is 6.79. The van der Waals surface area contributed by atoms with Crippen LogP contribution in [0.25, 0.3) is 0 Å². The topological polar surface area (TPSA) is 52.7 Å². The van der Waals surface area contributed by atoms with Gasteiger partial charge in [-0.3, -0.25) is 9.59 Å². The minimum Gasteiger partial charge on any atom is -0.340 e. The van der Waals surface area contributed by atoms with Crippen LogP contribution in [0.5, 0.6) is 0 Å². The Hall–Kier alpha value is -2.96. The summed E-state index contributed by atoms with van der Waals surface area (Å²) in [5, 5.41) is 3.14. The summed E-state index contributed by atoms with van der Waals surface area (Å²) in [6.45, 7) is 2.79. The van der Waals surface area contributed by atoms with Crippen LogP contribution in [-0.2, 0) is 11.3 Å². The molecule has 2 aliphatic rings. The van der Waals surface area contributed by atoms with Crippen molar-refractivity contribution in [2.75, 3.05) is 26.7 Å². The minimum atomic E-state index is -0.415. The van der Waals surface area contributed by atoms with Crippen LogP contribution in [0.3, 0.4) is 0 Å². The zero-order chi connectivity index (χ0) is 23.5. The first-order valence-corrected chi connectivity index (χ1v) is 12.9. The van der Waals surface area contributed by atoms with Crippen molar-refractivity contribution in [2.24, 2.45) is 0 Å². The maximum absolute atomic E-state index is 13.8. The molecule has 3 heterocycles. The molecule has 2 amide bonds. The highest BCUT2D eigenvalue weighted by Crippen LogP contribution is 2.36. The maximum Gasteiger partial charge on any atom is 0.264 e. The molecular formula is C28H31N3O2S. The summed E-state index contributed by atoms with van der Waals surface area (Å²) in [7, 11) is 1.90. The molecule has 3 aromatic rings. The lowest BCUT2D eigenvalue weighted by molar-refractivity contribution is -0.134. The molecule has 1 aromatic heterocycles. The number of nitrogens with zero attached hydrogens (tertiary/aromatic N) is 2. The molecule has 5 nitrogen and oxygen atoms in total. The van der Waals surface area contributed by atoms with Gasteiger partial charge in [-0.1, -0.05) is 60.7 Å². The van der Waals surface area contributed by atoms with Gasteiger partial charge in [0.1, 0.15) is 6.04 Å². The first kappa shape index (κ1) is 22.8. The van der Waals surface area contributed by atoms with Crippen LogP contribution < -0.4 is 5.32 Å². The van der Waals surface area contributed by atoms with E-state index in [1.165, 1.54) is 22.5 Å². The van der Waals surface area contributed by atoms with E-state index in [9.17, 15) is 9.59 Å². The molecule has 3 atom stereocenters. The summed E-state index contributed by atoms with van der Waals surface area (Å²) in [4.78, 5) is 33.0. The highest BCUT2D eigenvalue weighted by atomic mass is 32.1. The van der Waals surface area contributed by atoms with E-state index in [0.717, 1.165) is 30.9 Å². The summed E-state index contributed by atoms with van der Waals surface area (Å²) in [5.41, 5.74) is 2.48. The molecular weight excluding hydrogens is 442 g/mol. The number of thiophene rings is 1. The highest BCUT2D eigenvalue weighted by Gasteiger charge is 2.43. The van der Waals surface area contributed by atoms with Gasteiger partial charge in [-0.05, 0) is 43.1 Å². The van der Waals surface area contributed by atoms with E-state index in [0.29, 0.717) is 23.8 Å². The van der Waals surface area contributed by atoms with Gasteiger partial charge in [-0.25, -0.2) is 0 Å². The van der Waals surface area contributed by atoms with E-state index >= 15 is 0 Å². The quantitative estimate of drug-likeness (QED) is 0.574. The number of likely N-dealkylation sites (tertiary alicyclic amines) is 2. The van der Waals surface area contributed by atoms with Crippen molar-refractivity contribution in [2.45, 2.75) is 37.3 Å². The van der Waals surface area contributed by atoms with E-state index in [-0.39, 0.29) is 17.7 Å². The van der Waals surface area contributed by atoms with Crippen LogP contribution in [-0.4, -0.2) is 54.3 Å². The zero-order valence-corrected chi connectivity index (χ0v) is 20.3. The third-order valence-corrected chi connectivity index (χ3v) is 8.19. The van der Waals surface area contributed by atoms with Crippen LogP contribution in [0, 0.1) is 0 Å². The molecule has 0 bridgehead atoms. The Morgan fingerprint density at radius 3 is 2.26 bits per heavy atom. The molecule has 0 saturated carbocycles. The average Bonchev–Trinajstić information content (AvgIpc) is 3.64.